The summed E-state index contributed by atoms with van der Waals surface area (Å²) >= 11 is 0. The number of rotatable bonds is 53. The van der Waals surface area contributed by atoms with Crippen molar-refractivity contribution < 1.29 is 28.6 Å². The van der Waals surface area contributed by atoms with Gasteiger partial charge in [0.1, 0.15) is 13.2 Å². The highest BCUT2D eigenvalue weighted by Crippen LogP contribution is 2.19. The lowest BCUT2D eigenvalue weighted by atomic mass is 9.99. The highest BCUT2D eigenvalue weighted by atomic mass is 16.6. The van der Waals surface area contributed by atoms with E-state index in [0.717, 1.165) is 69.6 Å². The van der Waals surface area contributed by atoms with Crippen LogP contribution in [0.1, 0.15) is 330 Å². The van der Waals surface area contributed by atoms with Crippen LogP contribution in [0.5, 0.6) is 0 Å². The zero-order valence-electron chi connectivity index (χ0n) is 44.6. The van der Waals surface area contributed by atoms with E-state index in [9.17, 15) is 14.4 Å². The maximum Gasteiger partial charge on any atom is 0.306 e. The van der Waals surface area contributed by atoms with Crippen LogP contribution >= 0.6 is 0 Å². The van der Waals surface area contributed by atoms with Crippen molar-refractivity contribution in [2.75, 3.05) is 13.2 Å². The Morgan fingerprint density at radius 1 is 0.308 bits per heavy atom. The Bertz CT molecular complexity index is 997. The Labute approximate surface area is 406 Å². The van der Waals surface area contributed by atoms with E-state index in [2.05, 4.69) is 34.6 Å². The number of ether oxygens (including phenoxy) is 3. The molecule has 0 aromatic heterocycles. The maximum atomic E-state index is 12.8. The van der Waals surface area contributed by atoms with Gasteiger partial charge in [0, 0.05) is 19.3 Å². The Hall–Kier alpha value is -1.59. The number of carbonyl (C=O) groups excluding carboxylic acids is 3. The summed E-state index contributed by atoms with van der Waals surface area (Å²) in [6.45, 7) is 11.4. The molecule has 0 saturated carbocycles. The molecule has 0 bridgehead atoms. The fraction of sp³-hybridized carbons (Fsp3) is 0.949. The van der Waals surface area contributed by atoms with Gasteiger partial charge in [0.2, 0.25) is 0 Å². The van der Waals surface area contributed by atoms with Gasteiger partial charge in [0.15, 0.2) is 6.10 Å². The highest BCUT2D eigenvalue weighted by Gasteiger charge is 2.19. The molecular weight excluding hydrogens is 805 g/mol. The minimum absolute atomic E-state index is 0.0635. The minimum atomic E-state index is -0.763. The molecule has 386 valence electrons. The van der Waals surface area contributed by atoms with Gasteiger partial charge in [-0.15, -0.1) is 0 Å². The van der Waals surface area contributed by atoms with E-state index in [0.29, 0.717) is 19.3 Å². The van der Waals surface area contributed by atoms with Crippen LogP contribution in [-0.2, 0) is 28.6 Å². The van der Waals surface area contributed by atoms with Crippen molar-refractivity contribution in [3.05, 3.63) is 0 Å². The number of carbonyl (C=O) groups is 3. The number of hydrogen-bond acceptors (Lipinski definition) is 6. The topological polar surface area (TPSA) is 78.9 Å². The smallest absolute Gasteiger partial charge is 0.306 e. The fourth-order valence-electron chi connectivity index (χ4n) is 8.99. The van der Waals surface area contributed by atoms with Crippen molar-refractivity contribution in [2.45, 2.75) is 336 Å². The van der Waals surface area contributed by atoms with E-state index in [1.165, 1.54) is 218 Å². The van der Waals surface area contributed by atoms with Gasteiger partial charge in [0.05, 0.1) is 0 Å². The second-order valence-electron chi connectivity index (χ2n) is 20.8. The molecule has 0 aliphatic heterocycles. The van der Waals surface area contributed by atoms with Gasteiger partial charge in [-0.2, -0.15) is 0 Å². The van der Waals surface area contributed by atoms with Crippen LogP contribution in [0.15, 0.2) is 0 Å². The van der Waals surface area contributed by atoms with Crippen LogP contribution in [0.25, 0.3) is 0 Å². The summed E-state index contributed by atoms with van der Waals surface area (Å²) in [6.07, 6.45) is 55.2. The van der Waals surface area contributed by atoms with E-state index in [1.54, 1.807) is 0 Å². The van der Waals surface area contributed by atoms with E-state index >= 15 is 0 Å². The summed E-state index contributed by atoms with van der Waals surface area (Å²) in [5.74, 6) is 0.865. The summed E-state index contributed by atoms with van der Waals surface area (Å²) in [5, 5.41) is 0. The summed E-state index contributed by atoms with van der Waals surface area (Å²) in [6, 6.07) is 0. The maximum absolute atomic E-state index is 12.8. The molecular formula is C59H114O6. The van der Waals surface area contributed by atoms with Crippen molar-refractivity contribution in [1.29, 1.82) is 0 Å². The van der Waals surface area contributed by atoms with Gasteiger partial charge in [-0.1, -0.05) is 291 Å². The molecule has 0 aromatic carbocycles. The summed E-state index contributed by atoms with van der Waals surface area (Å²) in [5.41, 5.74) is 0. The van der Waals surface area contributed by atoms with Crippen LogP contribution in [-0.4, -0.2) is 37.2 Å². The van der Waals surface area contributed by atoms with Gasteiger partial charge in [-0.05, 0) is 31.1 Å². The first-order valence-electron chi connectivity index (χ1n) is 29.3. The first kappa shape index (κ1) is 63.4. The lowest BCUT2D eigenvalue weighted by molar-refractivity contribution is -0.167. The second kappa shape index (κ2) is 51.8. The predicted molar refractivity (Wildman–Crippen MR) is 280 cm³/mol. The average molecular weight is 920 g/mol. The number of esters is 3. The molecule has 0 aliphatic carbocycles. The van der Waals surface area contributed by atoms with Crippen LogP contribution in [0.3, 0.4) is 0 Å². The normalized spacial score (nSPS) is 12.9. The molecule has 0 fully saturated rings. The highest BCUT2D eigenvalue weighted by molar-refractivity contribution is 5.71. The fourth-order valence-corrected chi connectivity index (χ4v) is 8.99. The van der Waals surface area contributed by atoms with Gasteiger partial charge >= 0.3 is 17.9 Å². The van der Waals surface area contributed by atoms with Crippen molar-refractivity contribution in [2.24, 2.45) is 11.8 Å². The minimum Gasteiger partial charge on any atom is -0.462 e. The molecule has 0 N–H and O–H groups in total. The molecule has 0 amide bonds. The van der Waals surface area contributed by atoms with Gasteiger partial charge in [0.25, 0.3) is 0 Å². The van der Waals surface area contributed by atoms with Crippen molar-refractivity contribution in [3.8, 4) is 0 Å². The van der Waals surface area contributed by atoms with Crippen molar-refractivity contribution >= 4 is 17.9 Å². The first-order chi connectivity index (χ1) is 31.8. The third-order valence-electron chi connectivity index (χ3n) is 14.2. The molecule has 6 heteroatoms. The first-order valence-corrected chi connectivity index (χ1v) is 29.3. The lowest BCUT2D eigenvalue weighted by Crippen LogP contribution is -2.30. The van der Waals surface area contributed by atoms with Crippen LogP contribution in [0, 0.1) is 11.8 Å². The lowest BCUT2D eigenvalue weighted by Gasteiger charge is -2.18. The molecule has 6 nitrogen and oxygen atoms in total. The number of unbranched alkanes of at least 4 members (excludes halogenated alkanes) is 36. The zero-order chi connectivity index (χ0) is 47.5. The molecule has 65 heavy (non-hydrogen) atoms. The molecule has 0 spiro atoms. The molecule has 0 saturated heterocycles. The van der Waals surface area contributed by atoms with E-state index in [1.807, 2.05) is 0 Å². The van der Waals surface area contributed by atoms with Crippen LogP contribution in [0.4, 0.5) is 0 Å². The largest absolute Gasteiger partial charge is 0.462 e. The third kappa shape index (κ3) is 50.1. The third-order valence-corrected chi connectivity index (χ3v) is 14.2. The molecule has 0 radical (unpaired) electrons. The molecule has 0 rings (SSSR count). The zero-order valence-corrected chi connectivity index (χ0v) is 44.6. The van der Waals surface area contributed by atoms with Gasteiger partial charge in [-0.3, -0.25) is 14.4 Å². The van der Waals surface area contributed by atoms with Gasteiger partial charge in [-0.25, -0.2) is 0 Å². The summed E-state index contributed by atoms with van der Waals surface area (Å²) in [7, 11) is 0. The summed E-state index contributed by atoms with van der Waals surface area (Å²) < 4.78 is 16.9. The Kier molecular flexibility index (Phi) is 50.5. The quantitative estimate of drug-likeness (QED) is 0.0344. The summed E-state index contributed by atoms with van der Waals surface area (Å²) in [4.78, 5) is 38.1. The van der Waals surface area contributed by atoms with Crippen molar-refractivity contribution in [1.82, 2.24) is 0 Å². The molecule has 0 aliphatic rings. The monoisotopic (exact) mass is 919 g/mol. The number of hydrogen-bond donors (Lipinski definition) is 0. The Balaban J connectivity index is 4.24. The predicted octanol–water partition coefficient (Wildman–Crippen LogP) is 19.3. The van der Waals surface area contributed by atoms with E-state index in [4.69, 9.17) is 14.2 Å². The van der Waals surface area contributed by atoms with E-state index in [-0.39, 0.29) is 31.1 Å². The SMILES string of the molecule is CCCCCCCCCCCCCCCCCCCCCC(=O)OC[C@H](COC(=O)CCCCCCCCC(C)CC)OC(=O)CCCCCCCCCCCCCCCCC(C)CC. The second-order valence-corrected chi connectivity index (χ2v) is 20.8. The van der Waals surface area contributed by atoms with Crippen LogP contribution in [0.2, 0.25) is 0 Å². The average Bonchev–Trinajstić information content (AvgIpc) is 3.30. The molecule has 3 atom stereocenters. The van der Waals surface area contributed by atoms with Gasteiger partial charge < -0.3 is 14.2 Å². The van der Waals surface area contributed by atoms with Crippen LogP contribution < -0.4 is 0 Å². The molecule has 0 aromatic rings. The molecule has 0 heterocycles. The molecule has 2 unspecified atom stereocenters. The Morgan fingerprint density at radius 2 is 0.538 bits per heavy atom. The van der Waals surface area contributed by atoms with E-state index < -0.39 is 6.10 Å². The van der Waals surface area contributed by atoms with Crippen molar-refractivity contribution in [3.63, 3.8) is 0 Å². The Morgan fingerprint density at radius 3 is 0.800 bits per heavy atom. The standard InChI is InChI=1S/C59H114O6/c1-6-9-10-11-12-13-14-15-16-17-18-19-20-24-27-30-33-39-44-49-57(60)63-52-56(53-64-58(61)50-45-40-36-35-38-43-48-55(5)8-3)65-59(62)51-46-41-34-31-28-25-22-21-23-26-29-32-37-42-47-54(4)7-2/h54-56H,6-53H2,1-5H3/t54?,55?,56-/m1/s1.